The van der Waals surface area contributed by atoms with Crippen molar-refractivity contribution in [3.05, 3.63) is 35.9 Å². The van der Waals surface area contributed by atoms with Crippen LogP contribution in [-0.4, -0.2) is 6.29 Å². The first-order valence-corrected chi connectivity index (χ1v) is 3.74. The lowest BCUT2D eigenvalue weighted by Gasteiger charge is -2.05. The molecule has 1 radical (unpaired) electrons. The summed E-state index contributed by atoms with van der Waals surface area (Å²) >= 11 is 0. The molecule has 0 aliphatic heterocycles. The van der Waals surface area contributed by atoms with Gasteiger partial charge in [-0.2, -0.15) is 0 Å². The Hall–Kier alpha value is -1.11. The van der Waals surface area contributed by atoms with Gasteiger partial charge < -0.3 is 4.79 Å². The minimum Gasteiger partial charge on any atom is -0.303 e. The molecule has 0 bridgehead atoms. The van der Waals surface area contributed by atoms with Crippen LogP contribution < -0.4 is 0 Å². The summed E-state index contributed by atoms with van der Waals surface area (Å²) in [5, 5.41) is 0. The molecule has 1 rings (SSSR count). The molecular weight excluding hydrogens is 136 g/mol. The van der Waals surface area contributed by atoms with Gasteiger partial charge in [0.25, 0.3) is 0 Å². The van der Waals surface area contributed by atoms with E-state index in [0.717, 1.165) is 6.29 Å². The van der Waals surface area contributed by atoms with Crippen molar-refractivity contribution in [2.45, 2.75) is 19.3 Å². The van der Waals surface area contributed by atoms with Crippen molar-refractivity contribution < 1.29 is 4.79 Å². The highest BCUT2D eigenvalue weighted by Crippen LogP contribution is 2.16. The first-order chi connectivity index (χ1) is 5.34. The summed E-state index contributed by atoms with van der Waals surface area (Å²) in [6, 6.07) is 10.7. The quantitative estimate of drug-likeness (QED) is 0.599. The maximum absolute atomic E-state index is 10.2. The average Bonchev–Trinajstić information content (AvgIpc) is 2.07. The van der Waals surface area contributed by atoms with E-state index in [0.29, 0.717) is 12.3 Å². The lowest BCUT2D eigenvalue weighted by molar-refractivity contribution is -0.108. The van der Waals surface area contributed by atoms with Crippen LogP contribution in [0.25, 0.3) is 0 Å². The second kappa shape index (κ2) is 3.91. The van der Waals surface area contributed by atoms with Gasteiger partial charge in [0.05, 0.1) is 0 Å². The molecule has 0 aliphatic carbocycles. The minimum absolute atomic E-state index is 0.335. The molecule has 0 N–H and O–H groups in total. The highest BCUT2D eigenvalue weighted by molar-refractivity contribution is 5.51. The zero-order chi connectivity index (χ0) is 8.10. The summed E-state index contributed by atoms with van der Waals surface area (Å²) in [6.07, 6.45) is 1.56. The molecule has 0 spiro atoms. The van der Waals surface area contributed by atoms with E-state index in [2.05, 4.69) is 6.07 Å². The van der Waals surface area contributed by atoms with E-state index in [1.165, 1.54) is 5.56 Å². The molecule has 11 heavy (non-hydrogen) atoms. The van der Waals surface area contributed by atoms with Crippen molar-refractivity contribution >= 4 is 6.29 Å². The zero-order valence-corrected chi connectivity index (χ0v) is 6.58. The van der Waals surface area contributed by atoms with Gasteiger partial charge in [0, 0.05) is 6.42 Å². The third-order valence-electron chi connectivity index (χ3n) is 1.76. The van der Waals surface area contributed by atoms with Crippen molar-refractivity contribution in [1.82, 2.24) is 0 Å². The minimum atomic E-state index is 0.335. The number of hydrogen-bond donors (Lipinski definition) is 0. The topological polar surface area (TPSA) is 17.1 Å². The van der Waals surface area contributed by atoms with E-state index in [1.54, 1.807) is 0 Å². The zero-order valence-electron chi connectivity index (χ0n) is 6.58. The fourth-order valence-electron chi connectivity index (χ4n) is 1.01. The smallest absolute Gasteiger partial charge is 0.120 e. The Labute approximate surface area is 67.1 Å². The van der Waals surface area contributed by atoms with Crippen LogP contribution in [0.3, 0.4) is 0 Å². The lowest BCUT2D eigenvalue weighted by atomic mass is 9.99. The van der Waals surface area contributed by atoms with Crippen LogP contribution in [0.2, 0.25) is 0 Å². The first-order valence-electron chi connectivity index (χ1n) is 3.74. The Bertz CT molecular complexity index is 216. The molecule has 0 aromatic heterocycles. The number of aldehydes is 1. The van der Waals surface area contributed by atoms with Crippen molar-refractivity contribution in [2.75, 3.05) is 0 Å². The van der Waals surface area contributed by atoms with Gasteiger partial charge in [0.15, 0.2) is 0 Å². The molecule has 1 heteroatoms. The van der Waals surface area contributed by atoms with E-state index >= 15 is 0 Å². The number of benzene rings is 1. The fraction of sp³-hybridized carbons (Fsp3) is 0.300. The molecular formula is C10H11O. The van der Waals surface area contributed by atoms with Gasteiger partial charge in [-0.25, -0.2) is 0 Å². The maximum atomic E-state index is 10.2. The normalized spacial score (nSPS) is 12.5. The third kappa shape index (κ3) is 2.19. The molecule has 1 nitrogen and oxygen atoms in total. The van der Waals surface area contributed by atoms with Gasteiger partial charge in [-0.05, 0) is 17.5 Å². The Balaban J connectivity index is 2.68. The molecule has 1 atom stereocenters. The molecule has 0 fully saturated rings. The van der Waals surface area contributed by atoms with Crippen molar-refractivity contribution in [1.29, 1.82) is 0 Å². The summed E-state index contributed by atoms with van der Waals surface area (Å²) in [7, 11) is 0. The molecule has 57 valence electrons. The van der Waals surface area contributed by atoms with E-state index in [9.17, 15) is 4.79 Å². The largest absolute Gasteiger partial charge is 0.303 e. The highest BCUT2D eigenvalue weighted by Gasteiger charge is 2.01. The van der Waals surface area contributed by atoms with Crippen LogP contribution in [0, 0.1) is 6.07 Å². The predicted octanol–water partition coefficient (Wildman–Crippen LogP) is 2.18. The Morgan fingerprint density at radius 2 is 2.18 bits per heavy atom. The summed E-state index contributed by atoms with van der Waals surface area (Å²) in [5.74, 6) is 0.335. The van der Waals surface area contributed by atoms with Gasteiger partial charge in [0.2, 0.25) is 0 Å². The standard InChI is InChI=1S/C10H11O/c1-9(7-8-11)10-5-3-2-4-6-10/h3-6,8-9H,7H2,1H3. The second-order valence-corrected chi connectivity index (χ2v) is 2.64. The van der Waals surface area contributed by atoms with Gasteiger partial charge in [0.1, 0.15) is 6.29 Å². The van der Waals surface area contributed by atoms with Crippen LogP contribution in [0.5, 0.6) is 0 Å². The van der Waals surface area contributed by atoms with Crippen molar-refractivity contribution in [2.24, 2.45) is 0 Å². The maximum Gasteiger partial charge on any atom is 0.120 e. The van der Waals surface area contributed by atoms with Gasteiger partial charge in [-0.3, -0.25) is 0 Å². The van der Waals surface area contributed by atoms with Crippen LogP contribution in [-0.2, 0) is 4.79 Å². The van der Waals surface area contributed by atoms with Crippen LogP contribution in [0.4, 0.5) is 0 Å². The first kappa shape index (κ1) is 7.99. The van der Waals surface area contributed by atoms with Crippen LogP contribution in [0.1, 0.15) is 24.8 Å². The van der Waals surface area contributed by atoms with Gasteiger partial charge in [-0.1, -0.05) is 31.2 Å². The lowest BCUT2D eigenvalue weighted by Crippen LogP contribution is -1.92. The van der Waals surface area contributed by atoms with E-state index in [4.69, 9.17) is 0 Å². The fourth-order valence-corrected chi connectivity index (χ4v) is 1.01. The second-order valence-electron chi connectivity index (χ2n) is 2.64. The number of carbonyl (C=O) groups excluding carboxylic acids is 1. The van der Waals surface area contributed by atoms with Gasteiger partial charge in [-0.15, -0.1) is 0 Å². The van der Waals surface area contributed by atoms with E-state index < -0.39 is 0 Å². The Morgan fingerprint density at radius 3 is 2.73 bits per heavy atom. The van der Waals surface area contributed by atoms with Crippen LogP contribution >= 0.6 is 0 Å². The molecule has 1 unspecified atom stereocenters. The molecule has 0 saturated carbocycles. The summed E-state index contributed by atoms with van der Waals surface area (Å²) in [5.41, 5.74) is 1.20. The van der Waals surface area contributed by atoms with Crippen LogP contribution in [0.15, 0.2) is 24.3 Å². The Morgan fingerprint density at radius 1 is 1.55 bits per heavy atom. The summed E-state index contributed by atoms with van der Waals surface area (Å²) < 4.78 is 0. The van der Waals surface area contributed by atoms with Gasteiger partial charge >= 0.3 is 0 Å². The summed E-state index contributed by atoms with van der Waals surface area (Å²) in [4.78, 5) is 10.2. The molecule has 0 aliphatic rings. The summed E-state index contributed by atoms with van der Waals surface area (Å²) in [6.45, 7) is 2.05. The van der Waals surface area contributed by atoms with Crippen molar-refractivity contribution in [3.63, 3.8) is 0 Å². The third-order valence-corrected chi connectivity index (χ3v) is 1.76. The van der Waals surface area contributed by atoms with E-state index in [-0.39, 0.29) is 0 Å². The predicted molar refractivity (Wildman–Crippen MR) is 44.4 cm³/mol. The van der Waals surface area contributed by atoms with Crippen molar-refractivity contribution in [3.8, 4) is 0 Å². The highest BCUT2D eigenvalue weighted by atomic mass is 16.1. The average molecular weight is 147 g/mol. The Kier molecular flexibility index (Phi) is 2.84. The number of carbonyl (C=O) groups is 1. The molecule has 1 aromatic rings. The molecule has 1 aromatic carbocycles. The number of hydrogen-bond acceptors (Lipinski definition) is 1. The number of rotatable bonds is 3. The molecule has 0 heterocycles. The monoisotopic (exact) mass is 147 g/mol. The molecule has 0 saturated heterocycles. The SMILES string of the molecule is CC(CC=O)c1cc[c]cc1. The van der Waals surface area contributed by atoms with E-state index in [1.807, 2.05) is 31.2 Å². The molecule has 0 amide bonds.